The van der Waals surface area contributed by atoms with E-state index in [2.05, 4.69) is 4.72 Å². The van der Waals surface area contributed by atoms with Crippen LogP contribution in [0.2, 0.25) is 5.02 Å². The lowest BCUT2D eigenvalue weighted by Gasteiger charge is -2.23. The Bertz CT molecular complexity index is 642. The number of aliphatic hydroxyl groups excluding tert-OH is 1. The molecule has 0 fully saturated rings. The molecule has 0 atom stereocenters. The van der Waals surface area contributed by atoms with Gasteiger partial charge in [0, 0.05) is 6.07 Å². The standard InChI is InChI=1S/C11H15ClN2O5S/c1-7-4-8(12)9(14(16)17)5-10(7)20(18,19)13-11(2,3)6-15/h4-5,13,15H,6H2,1-3H3. The van der Waals surface area contributed by atoms with Crippen molar-refractivity contribution in [2.24, 2.45) is 0 Å². The fourth-order valence-corrected chi connectivity index (χ4v) is 3.46. The Labute approximate surface area is 121 Å². The van der Waals surface area contributed by atoms with Gasteiger partial charge < -0.3 is 5.11 Å². The molecule has 0 amide bonds. The summed E-state index contributed by atoms with van der Waals surface area (Å²) in [7, 11) is -4.01. The van der Waals surface area contributed by atoms with Crippen molar-refractivity contribution in [1.29, 1.82) is 0 Å². The van der Waals surface area contributed by atoms with Gasteiger partial charge in [0.15, 0.2) is 0 Å². The van der Waals surface area contributed by atoms with Crippen molar-refractivity contribution in [1.82, 2.24) is 4.72 Å². The molecule has 1 aromatic rings. The average Bonchev–Trinajstić information content (AvgIpc) is 2.26. The van der Waals surface area contributed by atoms with E-state index in [1.54, 1.807) is 0 Å². The van der Waals surface area contributed by atoms with Crippen LogP contribution in [0.1, 0.15) is 19.4 Å². The van der Waals surface area contributed by atoms with Gasteiger partial charge in [-0.1, -0.05) is 11.6 Å². The van der Waals surface area contributed by atoms with Gasteiger partial charge >= 0.3 is 0 Å². The highest BCUT2D eigenvalue weighted by Crippen LogP contribution is 2.30. The lowest BCUT2D eigenvalue weighted by molar-refractivity contribution is -0.384. The highest BCUT2D eigenvalue weighted by molar-refractivity contribution is 7.89. The number of sulfonamides is 1. The van der Waals surface area contributed by atoms with Crippen LogP contribution in [0.25, 0.3) is 0 Å². The van der Waals surface area contributed by atoms with Crippen molar-refractivity contribution in [3.63, 3.8) is 0 Å². The Balaban J connectivity index is 3.39. The molecule has 1 aromatic carbocycles. The van der Waals surface area contributed by atoms with Crippen LogP contribution in [-0.4, -0.2) is 30.6 Å². The lowest BCUT2D eigenvalue weighted by Crippen LogP contribution is -2.46. The number of hydrogen-bond acceptors (Lipinski definition) is 5. The quantitative estimate of drug-likeness (QED) is 0.632. The monoisotopic (exact) mass is 322 g/mol. The summed E-state index contributed by atoms with van der Waals surface area (Å²) in [4.78, 5) is 9.83. The van der Waals surface area contributed by atoms with Gasteiger partial charge in [0.2, 0.25) is 10.0 Å². The molecule has 0 saturated carbocycles. The second-order valence-corrected chi connectivity index (χ2v) is 7.03. The molecule has 1 rings (SSSR count). The number of rotatable bonds is 5. The van der Waals surface area contributed by atoms with E-state index in [4.69, 9.17) is 16.7 Å². The minimum atomic E-state index is -4.01. The molecule has 0 spiro atoms. The minimum absolute atomic E-state index is 0.132. The van der Waals surface area contributed by atoms with Gasteiger partial charge in [0.05, 0.1) is 22.0 Å². The SMILES string of the molecule is Cc1cc(Cl)c([N+](=O)[O-])cc1S(=O)(=O)NC(C)(C)CO. The number of nitro groups is 1. The maximum atomic E-state index is 12.2. The molecule has 2 N–H and O–H groups in total. The Hall–Kier alpha value is -1.22. The molecule has 0 aromatic heterocycles. The molecule has 0 aliphatic carbocycles. The topological polar surface area (TPSA) is 110 Å². The molecule has 112 valence electrons. The van der Waals surface area contributed by atoms with Crippen molar-refractivity contribution < 1.29 is 18.4 Å². The molecule has 7 nitrogen and oxygen atoms in total. The van der Waals surface area contributed by atoms with E-state index in [0.29, 0.717) is 0 Å². The summed E-state index contributed by atoms with van der Waals surface area (Å²) < 4.78 is 26.7. The third-order valence-electron chi connectivity index (χ3n) is 2.54. The summed E-state index contributed by atoms with van der Waals surface area (Å²) in [6, 6.07) is 2.13. The summed E-state index contributed by atoms with van der Waals surface area (Å²) >= 11 is 5.71. The molecule has 0 aliphatic rings. The first kappa shape index (κ1) is 16.8. The van der Waals surface area contributed by atoms with Crippen LogP contribution in [0, 0.1) is 17.0 Å². The first-order valence-electron chi connectivity index (χ1n) is 5.59. The molecular weight excluding hydrogens is 308 g/mol. The van der Waals surface area contributed by atoms with Crippen LogP contribution in [0.3, 0.4) is 0 Å². The van der Waals surface area contributed by atoms with Crippen LogP contribution < -0.4 is 4.72 Å². The normalized spacial score (nSPS) is 12.4. The van der Waals surface area contributed by atoms with Gasteiger partial charge in [0.1, 0.15) is 5.02 Å². The highest BCUT2D eigenvalue weighted by Gasteiger charge is 2.29. The van der Waals surface area contributed by atoms with Crippen molar-refractivity contribution >= 4 is 27.3 Å². The summed E-state index contributed by atoms with van der Waals surface area (Å²) in [6.45, 7) is 4.05. The van der Waals surface area contributed by atoms with Gasteiger partial charge in [-0.05, 0) is 32.4 Å². The van der Waals surface area contributed by atoms with E-state index < -0.39 is 32.8 Å². The fraction of sp³-hybridized carbons (Fsp3) is 0.455. The molecule has 9 heteroatoms. The Kier molecular flexibility index (Phi) is 4.75. The van der Waals surface area contributed by atoms with E-state index in [0.717, 1.165) is 6.07 Å². The summed E-state index contributed by atoms with van der Waals surface area (Å²) in [5.74, 6) is 0. The Morgan fingerprint density at radius 2 is 2.00 bits per heavy atom. The van der Waals surface area contributed by atoms with Crippen molar-refractivity contribution in [3.8, 4) is 0 Å². The maximum absolute atomic E-state index is 12.2. The van der Waals surface area contributed by atoms with E-state index in [-0.39, 0.29) is 15.5 Å². The van der Waals surface area contributed by atoms with E-state index in [9.17, 15) is 18.5 Å². The molecule has 0 aliphatic heterocycles. The van der Waals surface area contributed by atoms with Crippen LogP contribution in [-0.2, 0) is 10.0 Å². The molecule has 0 radical (unpaired) electrons. The van der Waals surface area contributed by atoms with Gasteiger partial charge in [-0.15, -0.1) is 0 Å². The molecule has 0 unspecified atom stereocenters. The van der Waals surface area contributed by atoms with Crippen LogP contribution in [0.5, 0.6) is 0 Å². The van der Waals surface area contributed by atoms with Gasteiger partial charge in [0.25, 0.3) is 5.69 Å². The number of nitrogens with zero attached hydrogens (tertiary/aromatic N) is 1. The number of nitro benzene ring substituents is 1. The minimum Gasteiger partial charge on any atom is -0.394 e. The number of hydrogen-bond donors (Lipinski definition) is 2. The fourth-order valence-electron chi connectivity index (χ4n) is 1.52. The number of benzene rings is 1. The zero-order valence-electron chi connectivity index (χ0n) is 11.2. The predicted molar refractivity (Wildman–Crippen MR) is 74.3 cm³/mol. The zero-order chi connectivity index (χ0) is 15.7. The van der Waals surface area contributed by atoms with Crippen LogP contribution >= 0.6 is 11.6 Å². The first-order valence-corrected chi connectivity index (χ1v) is 7.45. The van der Waals surface area contributed by atoms with Crippen molar-refractivity contribution in [3.05, 3.63) is 32.8 Å². The van der Waals surface area contributed by atoms with E-state index in [1.165, 1.54) is 26.8 Å². The molecule has 0 heterocycles. The van der Waals surface area contributed by atoms with E-state index >= 15 is 0 Å². The van der Waals surface area contributed by atoms with Gasteiger partial charge in [-0.25, -0.2) is 13.1 Å². The zero-order valence-corrected chi connectivity index (χ0v) is 12.7. The Morgan fingerprint density at radius 1 is 1.45 bits per heavy atom. The lowest BCUT2D eigenvalue weighted by atomic mass is 10.1. The number of halogens is 1. The van der Waals surface area contributed by atoms with Crippen LogP contribution in [0.15, 0.2) is 17.0 Å². The first-order chi connectivity index (χ1) is 9.00. The largest absolute Gasteiger partial charge is 0.394 e. The van der Waals surface area contributed by atoms with Gasteiger partial charge in [-0.3, -0.25) is 10.1 Å². The molecule has 0 saturated heterocycles. The van der Waals surface area contributed by atoms with Crippen molar-refractivity contribution in [2.75, 3.05) is 6.61 Å². The number of aryl methyl sites for hydroxylation is 1. The summed E-state index contributed by atoms with van der Waals surface area (Å²) in [5, 5.41) is 19.8. The number of aliphatic hydroxyl groups is 1. The smallest absolute Gasteiger partial charge is 0.289 e. The second kappa shape index (κ2) is 5.65. The maximum Gasteiger partial charge on any atom is 0.289 e. The van der Waals surface area contributed by atoms with Crippen LogP contribution in [0.4, 0.5) is 5.69 Å². The average molecular weight is 323 g/mol. The number of nitrogens with one attached hydrogen (secondary N) is 1. The molecule has 0 bridgehead atoms. The van der Waals surface area contributed by atoms with E-state index in [1.807, 2.05) is 0 Å². The molecule has 20 heavy (non-hydrogen) atoms. The second-order valence-electron chi connectivity index (χ2n) is 4.97. The Morgan fingerprint density at radius 3 is 2.45 bits per heavy atom. The summed E-state index contributed by atoms with van der Waals surface area (Å²) in [6.07, 6.45) is 0. The highest BCUT2D eigenvalue weighted by atomic mass is 35.5. The third kappa shape index (κ3) is 3.66. The summed E-state index contributed by atoms with van der Waals surface area (Å²) in [5.41, 5.74) is -1.29. The predicted octanol–water partition coefficient (Wildman–Crippen LogP) is 1.61. The van der Waals surface area contributed by atoms with Gasteiger partial charge in [-0.2, -0.15) is 0 Å². The third-order valence-corrected chi connectivity index (χ3v) is 4.68. The van der Waals surface area contributed by atoms with Crippen molar-refractivity contribution in [2.45, 2.75) is 31.2 Å². The molecular formula is C11H15ClN2O5S.